The van der Waals surface area contributed by atoms with Crippen LogP contribution in [0.3, 0.4) is 0 Å². The number of hydrogen-bond donors (Lipinski definition) is 0. The highest BCUT2D eigenvalue weighted by Gasteiger charge is 2.62. The molecule has 2 saturated carbocycles. The fourth-order valence-electron chi connectivity index (χ4n) is 3.13. The highest BCUT2D eigenvalue weighted by molar-refractivity contribution is 5.26. The molecule has 1 nitrogen and oxygen atoms in total. The largest absolute Gasteiger partial charge is 0.378 e. The van der Waals surface area contributed by atoms with E-state index in [1.54, 1.807) is 0 Å². The minimum atomic E-state index is 0.574. The molecule has 0 radical (unpaired) electrons. The molecular formula is C10H14O. The Bertz CT molecular complexity index is 209. The molecule has 11 heavy (non-hydrogen) atoms. The van der Waals surface area contributed by atoms with E-state index in [0.29, 0.717) is 6.10 Å². The molecule has 2 fully saturated rings. The molecule has 0 aliphatic heterocycles. The van der Waals surface area contributed by atoms with Gasteiger partial charge in [0, 0.05) is 12.5 Å². The normalized spacial score (nSPS) is 56.6. The van der Waals surface area contributed by atoms with Crippen molar-refractivity contribution in [1.29, 1.82) is 0 Å². The average molecular weight is 150 g/mol. The Hall–Kier alpha value is -0.300. The molecule has 0 spiro atoms. The molecule has 60 valence electrons. The van der Waals surface area contributed by atoms with Crippen LogP contribution >= 0.6 is 0 Å². The van der Waals surface area contributed by atoms with Crippen molar-refractivity contribution in [2.24, 2.45) is 23.7 Å². The molecule has 3 aliphatic carbocycles. The molecular weight excluding hydrogens is 136 g/mol. The topological polar surface area (TPSA) is 9.23 Å². The highest BCUT2D eigenvalue weighted by Crippen LogP contribution is 2.65. The number of rotatable bonds is 2. The Labute approximate surface area is 67.4 Å². The predicted molar refractivity (Wildman–Crippen MR) is 43.1 cm³/mol. The SMILES string of the molecule is CCO[C@@H]1CC2C3C=CC1C32. The van der Waals surface area contributed by atoms with Crippen molar-refractivity contribution in [3.8, 4) is 0 Å². The number of hydrogen-bond acceptors (Lipinski definition) is 1. The van der Waals surface area contributed by atoms with Gasteiger partial charge in [-0.1, -0.05) is 12.2 Å². The lowest BCUT2D eigenvalue weighted by Gasteiger charge is -2.17. The van der Waals surface area contributed by atoms with E-state index in [2.05, 4.69) is 19.1 Å². The maximum Gasteiger partial charge on any atom is 0.0643 e. The van der Waals surface area contributed by atoms with Crippen molar-refractivity contribution in [2.45, 2.75) is 19.4 Å². The van der Waals surface area contributed by atoms with Crippen LogP contribution in [0.4, 0.5) is 0 Å². The van der Waals surface area contributed by atoms with Gasteiger partial charge in [0.2, 0.25) is 0 Å². The van der Waals surface area contributed by atoms with Crippen LogP contribution in [-0.4, -0.2) is 12.7 Å². The Balaban J connectivity index is 1.77. The summed E-state index contributed by atoms with van der Waals surface area (Å²) in [4.78, 5) is 0. The molecule has 0 N–H and O–H groups in total. The van der Waals surface area contributed by atoms with Gasteiger partial charge in [0.05, 0.1) is 6.10 Å². The minimum Gasteiger partial charge on any atom is -0.378 e. The number of ether oxygens (including phenoxy) is 1. The number of fused-ring (bicyclic) bond motifs is 1. The molecule has 0 aromatic carbocycles. The molecule has 0 amide bonds. The van der Waals surface area contributed by atoms with E-state index < -0.39 is 0 Å². The maximum absolute atomic E-state index is 5.68. The van der Waals surface area contributed by atoms with Crippen molar-refractivity contribution in [3.05, 3.63) is 12.2 Å². The van der Waals surface area contributed by atoms with Crippen LogP contribution < -0.4 is 0 Å². The lowest BCUT2D eigenvalue weighted by Crippen LogP contribution is -2.18. The second-order valence-electron chi connectivity index (χ2n) is 4.01. The van der Waals surface area contributed by atoms with Gasteiger partial charge in [-0.15, -0.1) is 0 Å². The molecule has 0 aromatic rings. The van der Waals surface area contributed by atoms with Crippen LogP contribution in [-0.2, 0) is 4.74 Å². The summed E-state index contributed by atoms with van der Waals surface area (Å²) in [6, 6.07) is 0. The highest BCUT2D eigenvalue weighted by atomic mass is 16.5. The lowest BCUT2D eigenvalue weighted by molar-refractivity contribution is 0.0382. The summed E-state index contributed by atoms with van der Waals surface area (Å²) >= 11 is 0. The standard InChI is InChI=1S/C10H14O/c1-2-11-9-5-8-6-3-4-7(9)10(6)8/h3-4,6-10H,2,5H2,1H3/t6?,7?,8?,9-,10?/m1/s1. The van der Waals surface area contributed by atoms with Gasteiger partial charge in [-0.2, -0.15) is 0 Å². The average Bonchev–Trinajstić information content (AvgIpc) is 2.38. The summed E-state index contributed by atoms with van der Waals surface area (Å²) in [5, 5.41) is 0. The summed E-state index contributed by atoms with van der Waals surface area (Å²) in [6.45, 7) is 2.99. The second-order valence-corrected chi connectivity index (χ2v) is 4.01. The van der Waals surface area contributed by atoms with Crippen LogP contribution in [0.1, 0.15) is 13.3 Å². The summed E-state index contributed by atoms with van der Waals surface area (Å²) in [5.41, 5.74) is 0. The van der Waals surface area contributed by atoms with Gasteiger partial charge < -0.3 is 4.74 Å². The third kappa shape index (κ3) is 0.652. The Morgan fingerprint density at radius 3 is 2.91 bits per heavy atom. The van der Waals surface area contributed by atoms with Gasteiger partial charge in [0.1, 0.15) is 0 Å². The molecule has 4 unspecified atom stereocenters. The Morgan fingerprint density at radius 2 is 2.18 bits per heavy atom. The van der Waals surface area contributed by atoms with E-state index in [9.17, 15) is 0 Å². The molecule has 0 aromatic heterocycles. The van der Waals surface area contributed by atoms with E-state index in [4.69, 9.17) is 4.74 Å². The fraction of sp³-hybridized carbons (Fsp3) is 0.800. The van der Waals surface area contributed by atoms with Crippen molar-refractivity contribution in [2.75, 3.05) is 6.61 Å². The predicted octanol–water partition coefficient (Wildman–Crippen LogP) is 1.84. The summed E-state index contributed by atoms with van der Waals surface area (Å²) in [7, 11) is 0. The zero-order valence-corrected chi connectivity index (χ0v) is 6.86. The fourth-order valence-corrected chi connectivity index (χ4v) is 3.13. The maximum atomic E-state index is 5.68. The summed E-state index contributed by atoms with van der Waals surface area (Å²) in [5.74, 6) is 3.79. The summed E-state index contributed by atoms with van der Waals surface area (Å²) < 4.78 is 5.68. The molecule has 3 rings (SSSR count). The zero-order chi connectivity index (χ0) is 7.42. The zero-order valence-electron chi connectivity index (χ0n) is 6.86. The van der Waals surface area contributed by atoms with Gasteiger partial charge in [-0.25, -0.2) is 0 Å². The van der Waals surface area contributed by atoms with Gasteiger partial charge in [-0.05, 0) is 31.1 Å². The Kier molecular flexibility index (Phi) is 1.07. The molecule has 0 saturated heterocycles. The van der Waals surface area contributed by atoms with Crippen LogP contribution in [0.15, 0.2) is 12.2 Å². The molecule has 0 bridgehead atoms. The third-order valence-corrected chi connectivity index (χ3v) is 3.61. The lowest BCUT2D eigenvalue weighted by atomic mass is 10.0. The van der Waals surface area contributed by atoms with Crippen molar-refractivity contribution in [1.82, 2.24) is 0 Å². The van der Waals surface area contributed by atoms with E-state index in [1.165, 1.54) is 6.42 Å². The monoisotopic (exact) mass is 150 g/mol. The van der Waals surface area contributed by atoms with E-state index in [-0.39, 0.29) is 0 Å². The first-order valence-corrected chi connectivity index (χ1v) is 4.71. The Morgan fingerprint density at radius 1 is 1.36 bits per heavy atom. The van der Waals surface area contributed by atoms with Gasteiger partial charge in [0.25, 0.3) is 0 Å². The van der Waals surface area contributed by atoms with Crippen LogP contribution in [0.5, 0.6) is 0 Å². The quantitative estimate of drug-likeness (QED) is 0.546. The molecule has 3 aliphatic rings. The third-order valence-electron chi connectivity index (χ3n) is 3.61. The second kappa shape index (κ2) is 1.89. The first-order chi connectivity index (χ1) is 5.42. The first kappa shape index (κ1) is 6.24. The molecule has 0 heterocycles. The van der Waals surface area contributed by atoms with E-state index >= 15 is 0 Å². The van der Waals surface area contributed by atoms with Gasteiger partial charge in [0.15, 0.2) is 0 Å². The number of allylic oxidation sites excluding steroid dienone is 1. The van der Waals surface area contributed by atoms with E-state index in [1.807, 2.05) is 0 Å². The molecule has 1 heteroatoms. The van der Waals surface area contributed by atoms with Crippen molar-refractivity contribution >= 4 is 0 Å². The van der Waals surface area contributed by atoms with Crippen LogP contribution in [0.2, 0.25) is 0 Å². The molecule has 5 atom stereocenters. The minimum absolute atomic E-state index is 0.574. The van der Waals surface area contributed by atoms with Gasteiger partial charge >= 0.3 is 0 Å². The summed E-state index contributed by atoms with van der Waals surface area (Å²) in [6.07, 6.45) is 6.71. The van der Waals surface area contributed by atoms with Gasteiger partial charge in [-0.3, -0.25) is 0 Å². The van der Waals surface area contributed by atoms with Crippen LogP contribution in [0.25, 0.3) is 0 Å². The van der Waals surface area contributed by atoms with Crippen molar-refractivity contribution < 1.29 is 4.74 Å². The van der Waals surface area contributed by atoms with Crippen LogP contribution in [0, 0.1) is 23.7 Å². The van der Waals surface area contributed by atoms with E-state index in [0.717, 1.165) is 30.3 Å². The van der Waals surface area contributed by atoms with Crippen molar-refractivity contribution in [3.63, 3.8) is 0 Å². The first-order valence-electron chi connectivity index (χ1n) is 4.71. The smallest absolute Gasteiger partial charge is 0.0643 e.